The summed E-state index contributed by atoms with van der Waals surface area (Å²) in [4.78, 5) is 4.11. The Labute approximate surface area is 100 Å². The van der Waals surface area contributed by atoms with E-state index in [1.54, 1.807) is 7.11 Å². The summed E-state index contributed by atoms with van der Waals surface area (Å²) in [6.45, 7) is 5.99. The molecule has 3 heteroatoms. The maximum atomic E-state index is 13.9. The van der Waals surface area contributed by atoms with Crippen LogP contribution in [0.1, 0.15) is 26.3 Å². The summed E-state index contributed by atoms with van der Waals surface area (Å²) in [5.74, 6) is 0.478. The van der Waals surface area contributed by atoms with Crippen LogP contribution in [0, 0.1) is 5.82 Å². The highest BCUT2D eigenvalue weighted by molar-refractivity contribution is 5.84. The maximum absolute atomic E-state index is 13.9. The molecule has 0 amide bonds. The van der Waals surface area contributed by atoms with Gasteiger partial charge in [-0.3, -0.25) is 4.98 Å². The van der Waals surface area contributed by atoms with Crippen LogP contribution in [0.2, 0.25) is 0 Å². The van der Waals surface area contributed by atoms with E-state index in [1.165, 1.54) is 6.20 Å². The first-order valence-corrected chi connectivity index (χ1v) is 5.56. The summed E-state index contributed by atoms with van der Waals surface area (Å²) in [6.07, 6.45) is 1.28. The molecule has 1 heterocycles. The molecule has 0 saturated heterocycles. The van der Waals surface area contributed by atoms with Crippen molar-refractivity contribution in [2.45, 2.75) is 26.2 Å². The molecule has 0 radical (unpaired) electrons. The van der Waals surface area contributed by atoms with E-state index in [-0.39, 0.29) is 11.2 Å². The second-order valence-corrected chi connectivity index (χ2v) is 5.11. The number of rotatable bonds is 1. The number of ether oxygens (including phenoxy) is 1. The highest BCUT2D eigenvalue weighted by Crippen LogP contribution is 2.32. The molecule has 0 saturated carbocycles. The number of fused-ring (bicyclic) bond motifs is 1. The van der Waals surface area contributed by atoms with Gasteiger partial charge < -0.3 is 4.74 Å². The summed E-state index contributed by atoms with van der Waals surface area (Å²) in [6, 6.07) is 5.52. The molecular formula is C14H16FNO. The summed E-state index contributed by atoms with van der Waals surface area (Å²) in [5, 5.41) is 0.846. The van der Waals surface area contributed by atoms with Crippen LogP contribution >= 0.6 is 0 Å². The molecule has 0 N–H and O–H groups in total. The molecule has 90 valence electrons. The zero-order chi connectivity index (χ0) is 12.6. The smallest absolute Gasteiger partial charge is 0.145 e. The van der Waals surface area contributed by atoms with Gasteiger partial charge in [-0.05, 0) is 17.5 Å². The minimum absolute atomic E-state index is 0.250. The van der Waals surface area contributed by atoms with E-state index >= 15 is 0 Å². The highest BCUT2D eigenvalue weighted by atomic mass is 19.1. The molecule has 0 fully saturated rings. The molecule has 2 aromatic rings. The zero-order valence-corrected chi connectivity index (χ0v) is 10.5. The summed E-state index contributed by atoms with van der Waals surface area (Å²) < 4.78 is 19.0. The molecule has 2 rings (SSSR count). The van der Waals surface area contributed by atoms with Gasteiger partial charge in [0.1, 0.15) is 11.6 Å². The Kier molecular flexibility index (Phi) is 2.77. The second kappa shape index (κ2) is 3.99. The number of pyridine rings is 1. The fraction of sp³-hybridized carbons (Fsp3) is 0.357. The molecule has 0 aliphatic heterocycles. The lowest BCUT2D eigenvalue weighted by Crippen LogP contribution is -2.14. The van der Waals surface area contributed by atoms with Gasteiger partial charge in [0.05, 0.1) is 18.8 Å². The molecule has 0 aliphatic carbocycles. The van der Waals surface area contributed by atoms with Crippen LogP contribution in [0.4, 0.5) is 4.39 Å². The first-order chi connectivity index (χ1) is 7.93. The van der Waals surface area contributed by atoms with Crippen LogP contribution < -0.4 is 4.74 Å². The lowest BCUT2D eigenvalue weighted by molar-refractivity contribution is 0.415. The molecule has 1 aromatic heterocycles. The van der Waals surface area contributed by atoms with Crippen molar-refractivity contribution >= 4 is 10.9 Å². The van der Waals surface area contributed by atoms with Crippen molar-refractivity contribution in [3.8, 4) is 5.75 Å². The Hall–Kier alpha value is -1.64. The van der Waals surface area contributed by atoms with Crippen LogP contribution in [0.15, 0.2) is 24.4 Å². The van der Waals surface area contributed by atoms with Crippen LogP contribution in [-0.2, 0) is 5.41 Å². The third-order valence-electron chi connectivity index (χ3n) is 2.78. The van der Waals surface area contributed by atoms with Crippen molar-refractivity contribution in [3.63, 3.8) is 0 Å². The standard InChI is InChI=1S/C14H16FNO/c1-14(2,3)13-10-6-5-9(17-4)7-12(10)16-8-11(13)15/h5-8H,1-4H3. The van der Waals surface area contributed by atoms with E-state index in [2.05, 4.69) is 4.98 Å². The number of halogens is 1. The van der Waals surface area contributed by atoms with Crippen LogP contribution in [0.5, 0.6) is 5.75 Å². The third-order valence-corrected chi connectivity index (χ3v) is 2.78. The maximum Gasteiger partial charge on any atom is 0.145 e. The van der Waals surface area contributed by atoms with Crippen molar-refractivity contribution in [3.05, 3.63) is 35.8 Å². The van der Waals surface area contributed by atoms with Crippen molar-refractivity contribution in [2.24, 2.45) is 0 Å². The zero-order valence-electron chi connectivity index (χ0n) is 10.5. The minimum atomic E-state index is -0.254. The first-order valence-electron chi connectivity index (χ1n) is 5.56. The largest absolute Gasteiger partial charge is 0.497 e. The fourth-order valence-corrected chi connectivity index (χ4v) is 2.04. The normalized spacial score (nSPS) is 11.8. The minimum Gasteiger partial charge on any atom is -0.497 e. The van der Waals surface area contributed by atoms with Gasteiger partial charge >= 0.3 is 0 Å². The average Bonchev–Trinajstić information content (AvgIpc) is 2.26. The van der Waals surface area contributed by atoms with Gasteiger partial charge in [0.15, 0.2) is 0 Å². The van der Waals surface area contributed by atoms with Crippen LogP contribution in [0.3, 0.4) is 0 Å². The quantitative estimate of drug-likeness (QED) is 0.749. The van der Waals surface area contributed by atoms with Gasteiger partial charge in [0.2, 0.25) is 0 Å². The molecule has 1 aromatic carbocycles. The molecule has 2 nitrogen and oxygen atoms in total. The number of nitrogens with zero attached hydrogens (tertiary/aromatic N) is 1. The monoisotopic (exact) mass is 233 g/mol. The lowest BCUT2D eigenvalue weighted by atomic mass is 9.84. The van der Waals surface area contributed by atoms with E-state index in [0.29, 0.717) is 5.56 Å². The SMILES string of the molecule is COc1ccc2c(C(C)(C)C)c(F)cnc2c1. The van der Waals surface area contributed by atoms with E-state index < -0.39 is 0 Å². The first kappa shape index (κ1) is 11.8. The van der Waals surface area contributed by atoms with Gasteiger partial charge in [-0.15, -0.1) is 0 Å². The predicted molar refractivity (Wildman–Crippen MR) is 67.0 cm³/mol. The van der Waals surface area contributed by atoms with E-state index in [0.717, 1.165) is 16.7 Å². The summed E-state index contributed by atoms with van der Waals surface area (Å²) in [7, 11) is 1.61. The van der Waals surface area contributed by atoms with E-state index in [4.69, 9.17) is 4.74 Å². The second-order valence-electron chi connectivity index (χ2n) is 5.11. The van der Waals surface area contributed by atoms with Crippen molar-refractivity contribution in [1.82, 2.24) is 4.98 Å². The van der Waals surface area contributed by atoms with Crippen LogP contribution in [-0.4, -0.2) is 12.1 Å². The fourth-order valence-electron chi connectivity index (χ4n) is 2.04. The van der Waals surface area contributed by atoms with Gasteiger partial charge in [-0.25, -0.2) is 4.39 Å². The number of hydrogen-bond acceptors (Lipinski definition) is 2. The molecule has 0 spiro atoms. The van der Waals surface area contributed by atoms with Gasteiger partial charge in [-0.2, -0.15) is 0 Å². The Morgan fingerprint density at radius 3 is 2.53 bits per heavy atom. The third kappa shape index (κ3) is 2.09. The molecule has 0 atom stereocenters. The molecule has 0 bridgehead atoms. The van der Waals surface area contributed by atoms with Crippen LogP contribution in [0.25, 0.3) is 10.9 Å². The average molecular weight is 233 g/mol. The Balaban J connectivity index is 2.78. The molecule has 17 heavy (non-hydrogen) atoms. The van der Waals surface area contributed by atoms with Gasteiger partial charge in [-0.1, -0.05) is 20.8 Å². The summed E-state index contributed by atoms with van der Waals surface area (Å²) in [5.41, 5.74) is 1.21. The summed E-state index contributed by atoms with van der Waals surface area (Å²) >= 11 is 0. The number of benzene rings is 1. The van der Waals surface area contributed by atoms with Gasteiger partial charge in [0, 0.05) is 17.0 Å². The Bertz CT molecular complexity index is 558. The van der Waals surface area contributed by atoms with Crippen molar-refractivity contribution < 1.29 is 9.13 Å². The predicted octanol–water partition coefficient (Wildman–Crippen LogP) is 3.68. The van der Waals surface area contributed by atoms with E-state index in [1.807, 2.05) is 39.0 Å². The number of aromatic nitrogens is 1. The Morgan fingerprint density at radius 1 is 1.24 bits per heavy atom. The number of hydrogen-bond donors (Lipinski definition) is 0. The topological polar surface area (TPSA) is 22.1 Å². The van der Waals surface area contributed by atoms with E-state index in [9.17, 15) is 4.39 Å². The molecule has 0 aliphatic rings. The van der Waals surface area contributed by atoms with Crippen molar-refractivity contribution in [2.75, 3.05) is 7.11 Å². The highest BCUT2D eigenvalue weighted by Gasteiger charge is 2.22. The lowest BCUT2D eigenvalue weighted by Gasteiger charge is -2.21. The molecule has 0 unspecified atom stereocenters. The number of methoxy groups -OCH3 is 1. The van der Waals surface area contributed by atoms with Crippen molar-refractivity contribution in [1.29, 1.82) is 0 Å². The Morgan fingerprint density at radius 2 is 1.94 bits per heavy atom. The van der Waals surface area contributed by atoms with Gasteiger partial charge in [0.25, 0.3) is 0 Å². The molecular weight excluding hydrogens is 217 g/mol.